The van der Waals surface area contributed by atoms with E-state index < -0.39 is 5.97 Å². The van der Waals surface area contributed by atoms with Gasteiger partial charge >= 0.3 is 5.97 Å². The molecule has 1 unspecified atom stereocenters. The molecule has 1 fully saturated rings. The molecule has 1 saturated heterocycles. The van der Waals surface area contributed by atoms with Crippen LogP contribution in [-0.2, 0) is 4.79 Å². The van der Waals surface area contributed by atoms with Crippen LogP contribution in [0.5, 0.6) is 0 Å². The van der Waals surface area contributed by atoms with Gasteiger partial charge in [0.05, 0.1) is 5.52 Å². The van der Waals surface area contributed by atoms with Gasteiger partial charge in [-0.25, -0.2) is 0 Å². The molecule has 1 aliphatic rings. The molecule has 5 heteroatoms. The molecule has 3 rings (SSSR count). The number of anilines is 1. The molecule has 2 heterocycles. The van der Waals surface area contributed by atoms with Crippen LogP contribution in [0.2, 0.25) is 5.02 Å². The highest BCUT2D eigenvalue weighted by molar-refractivity contribution is 6.31. The summed E-state index contributed by atoms with van der Waals surface area (Å²) in [6.07, 6.45) is 4.03. The van der Waals surface area contributed by atoms with Crippen LogP contribution in [0, 0.1) is 5.92 Å². The lowest BCUT2D eigenvalue weighted by Gasteiger charge is -2.34. The molecule has 1 N–H and O–H groups in total. The maximum atomic E-state index is 10.9. The number of rotatable bonds is 3. The van der Waals surface area contributed by atoms with Crippen molar-refractivity contribution in [3.05, 3.63) is 35.5 Å². The number of carboxylic acid groups (broad SMARTS) is 1. The maximum absolute atomic E-state index is 10.9. The van der Waals surface area contributed by atoms with Gasteiger partial charge in [-0.15, -0.1) is 0 Å². The minimum atomic E-state index is -0.715. The summed E-state index contributed by atoms with van der Waals surface area (Å²) in [5.74, 6) is -0.500. The molecule has 0 saturated carbocycles. The Balaban J connectivity index is 1.91. The molecule has 0 amide bonds. The van der Waals surface area contributed by atoms with Gasteiger partial charge < -0.3 is 10.0 Å². The zero-order valence-electron chi connectivity index (χ0n) is 11.6. The number of carboxylic acids is 1. The molecule has 1 aromatic carbocycles. The number of hydrogen-bond donors (Lipinski definition) is 1. The summed E-state index contributed by atoms with van der Waals surface area (Å²) in [7, 11) is 0. The summed E-state index contributed by atoms with van der Waals surface area (Å²) in [6, 6.07) is 7.72. The van der Waals surface area contributed by atoms with Crippen molar-refractivity contribution in [2.24, 2.45) is 5.92 Å². The van der Waals surface area contributed by atoms with E-state index in [1.54, 1.807) is 6.20 Å². The summed E-state index contributed by atoms with van der Waals surface area (Å²) < 4.78 is 0. The molecular formula is C16H17ClN2O2. The average molecular weight is 305 g/mol. The number of pyridine rings is 1. The third-order valence-corrected chi connectivity index (χ3v) is 4.24. The van der Waals surface area contributed by atoms with Crippen molar-refractivity contribution >= 4 is 34.2 Å². The summed E-state index contributed by atoms with van der Waals surface area (Å²) in [6.45, 7) is 1.74. The van der Waals surface area contributed by atoms with Crippen LogP contribution in [0.15, 0.2) is 30.5 Å². The Morgan fingerprint density at radius 3 is 3.10 bits per heavy atom. The van der Waals surface area contributed by atoms with Gasteiger partial charge in [-0.3, -0.25) is 9.78 Å². The van der Waals surface area contributed by atoms with Crippen LogP contribution in [0.3, 0.4) is 0 Å². The number of carbonyl (C=O) groups is 1. The Labute approximate surface area is 128 Å². The zero-order chi connectivity index (χ0) is 14.8. The molecule has 1 aromatic heterocycles. The quantitative estimate of drug-likeness (QED) is 0.941. The fourth-order valence-electron chi connectivity index (χ4n) is 3.08. The lowest BCUT2D eigenvalue weighted by atomic mass is 9.94. The lowest BCUT2D eigenvalue weighted by Crippen LogP contribution is -2.36. The predicted octanol–water partition coefficient (Wildman–Crippen LogP) is 3.58. The number of nitrogens with zero attached hydrogens (tertiary/aromatic N) is 2. The second kappa shape index (κ2) is 5.90. The third-order valence-electron chi connectivity index (χ3n) is 4.00. The molecule has 0 aliphatic carbocycles. The fourth-order valence-corrected chi connectivity index (χ4v) is 3.25. The van der Waals surface area contributed by atoms with Gasteiger partial charge in [0.2, 0.25) is 0 Å². The van der Waals surface area contributed by atoms with Gasteiger partial charge in [0, 0.05) is 41.8 Å². The number of aliphatic carboxylic acids is 1. The van der Waals surface area contributed by atoms with Crippen molar-refractivity contribution in [1.82, 2.24) is 4.98 Å². The van der Waals surface area contributed by atoms with E-state index in [-0.39, 0.29) is 12.3 Å². The van der Waals surface area contributed by atoms with Gasteiger partial charge in [-0.2, -0.15) is 0 Å². The number of aromatic nitrogens is 1. The monoisotopic (exact) mass is 304 g/mol. The van der Waals surface area contributed by atoms with Gasteiger partial charge in [0.15, 0.2) is 0 Å². The highest BCUT2D eigenvalue weighted by atomic mass is 35.5. The third kappa shape index (κ3) is 3.10. The summed E-state index contributed by atoms with van der Waals surface area (Å²) in [5, 5.41) is 10.7. The average Bonchev–Trinajstić information content (AvgIpc) is 2.46. The summed E-state index contributed by atoms with van der Waals surface area (Å²) in [4.78, 5) is 17.5. The number of halogens is 1. The molecular weight excluding hydrogens is 288 g/mol. The Morgan fingerprint density at radius 2 is 2.29 bits per heavy atom. The molecule has 0 radical (unpaired) electrons. The van der Waals surface area contributed by atoms with Crippen molar-refractivity contribution in [3.63, 3.8) is 0 Å². The number of piperidine rings is 1. The Bertz CT molecular complexity index is 674. The predicted molar refractivity (Wildman–Crippen MR) is 83.9 cm³/mol. The van der Waals surface area contributed by atoms with Crippen LogP contribution in [0.4, 0.5) is 5.69 Å². The van der Waals surface area contributed by atoms with E-state index in [1.807, 2.05) is 24.3 Å². The minimum Gasteiger partial charge on any atom is -0.481 e. The number of hydrogen-bond acceptors (Lipinski definition) is 3. The lowest BCUT2D eigenvalue weighted by molar-refractivity contribution is -0.138. The summed E-state index contributed by atoms with van der Waals surface area (Å²) in [5.41, 5.74) is 1.99. The van der Waals surface area contributed by atoms with Crippen molar-refractivity contribution in [2.45, 2.75) is 19.3 Å². The second-order valence-electron chi connectivity index (χ2n) is 5.54. The van der Waals surface area contributed by atoms with E-state index >= 15 is 0 Å². The Hall–Kier alpha value is -1.81. The van der Waals surface area contributed by atoms with Gasteiger partial charge in [0.25, 0.3) is 0 Å². The highest BCUT2D eigenvalue weighted by Gasteiger charge is 2.23. The normalized spacial score (nSPS) is 18.9. The largest absolute Gasteiger partial charge is 0.481 e. The van der Waals surface area contributed by atoms with E-state index in [0.717, 1.165) is 42.5 Å². The van der Waals surface area contributed by atoms with E-state index in [2.05, 4.69) is 9.88 Å². The van der Waals surface area contributed by atoms with E-state index in [0.29, 0.717) is 5.02 Å². The molecule has 2 aromatic rings. The standard InChI is InChI=1S/C16H17ClN2O2/c17-12-3-4-13-14(9-12)18-6-5-15(13)19-7-1-2-11(10-19)8-16(20)21/h3-6,9,11H,1-2,7-8,10H2,(H,20,21). The van der Waals surface area contributed by atoms with E-state index in [9.17, 15) is 4.79 Å². The summed E-state index contributed by atoms with van der Waals surface area (Å²) >= 11 is 6.02. The molecule has 1 atom stereocenters. The molecule has 0 bridgehead atoms. The number of benzene rings is 1. The van der Waals surface area contributed by atoms with Crippen molar-refractivity contribution in [2.75, 3.05) is 18.0 Å². The first-order chi connectivity index (χ1) is 10.1. The highest BCUT2D eigenvalue weighted by Crippen LogP contribution is 2.31. The molecule has 4 nitrogen and oxygen atoms in total. The smallest absolute Gasteiger partial charge is 0.303 e. The Kier molecular flexibility index (Phi) is 3.97. The van der Waals surface area contributed by atoms with Crippen LogP contribution in [0.25, 0.3) is 10.9 Å². The van der Waals surface area contributed by atoms with Crippen LogP contribution in [-0.4, -0.2) is 29.1 Å². The fraction of sp³-hybridized carbons (Fsp3) is 0.375. The van der Waals surface area contributed by atoms with Crippen LogP contribution in [0.1, 0.15) is 19.3 Å². The van der Waals surface area contributed by atoms with E-state index in [1.165, 1.54) is 0 Å². The second-order valence-corrected chi connectivity index (χ2v) is 5.98. The SMILES string of the molecule is O=C(O)CC1CCCN(c2ccnc3cc(Cl)ccc23)C1. The first-order valence-electron chi connectivity index (χ1n) is 7.14. The number of fused-ring (bicyclic) bond motifs is 1. The first kappa shape index (κ1) is 14.1. The van der Waals surface area contributed by atoms with Crippen molar-refractivity contribution in [3.8, 4) is 0 Å². The zero-order valence-corrected chi connectivity index (χ0v) is 12.4. The first-order valence-corrected chi connectivity index (χ1v) is 7.52. The Morgan fingerprint density at radius 1 is 1.43 bits per heavy atom. The maximum Gasteiger partial charge on any atom is 0.303 e. The van der Waals surface area contributed by atoms with Gasteiger partial charge in [-0.1, -0.05) is 11.6 Å². The van der Waals surface area contributed by atoms with Crippen LogP contribution >= 0.6 is 11.6 Å². The van der Waals surface area contributed by atoms with E-state index in [4.69, 9.17) is 16.7 Å². The molecule has 21 heavy (non-hydrogen) atoms. The van der Waals surface area contributed by atoms with Gasteiger partial charge in [0.1, 0.15) is 0 Å². The minimum absolute atomic E-state index is 0.215. The molecule has 0 spiro atoms. The van der Waals surface area contributed by atoms with Gasteiger partial charge in [-0.05, 0) is 43.0 Å². The van der Waals surface area contributed by atoms with Crippen molar-refractivity contribution < 1.29 is 9.90 Å². The molecule has 1 aliphatic heterocycles. The topological polar surface area (TPSA) is 53.4 Å². The molecule has 110 valence electrons. The van der Waals surface area contributed by atoms with Crippen molar-refractivity contribution in [1.29, 1.82) is 0 Å². The van der Waals surface area contributed by atoms with Crippen LogP contribution < -0.4 is 4.90 Å².